The number of amides is 1. The van der Waals surface area contributed by atoms with Gasteiger partial charge in [-0.1, -0.05) is 70.9 Å². The minimum absolute atomic E-state index is 0.0197. The fourth-order valence-corrected chi connectivity index (χ4v) is 6.70. The van der Waals surface area contributed by atoms with Crippen LogP contribution in [-0.4, -0.2) is 54.0 Å². The van der Waals surface area contributed by atoms with Crippen molar-refractivity contribution in [3.8, 4) is 11.1 Å². The summed E-state index contributed by atoms with van der Waals surface area (Å²) in [4.78, 5) is 13.7. The molecule has 1 aliphatic heterocycles. The van der Waals surface area contributed by atoms with Crippen LogP contribution in [0.4, 0.5) is 18.0 Å². The molecular formula is C36H48F3N3O2. The van der Waals surface area contributed by atoms with E-state index in [0.29, 0.717) is 25.2 Å². The molecule has 44 heavy (non-hydrogen) atoms. The molecule has 2 aromatic carbocycles. The van der Waals surface area contributed by atoms with E-state index in [1.54, 1.807) is 6.92 Å². The van der Waals surface area contributed by atoms with E-state index in [2.05, 4.69) is 49.7 Å². The normalized spacial score (nSPS) is 18.4. The summed E-state index contributed by atoms with van der Waals surface area (Å²) in [7, 11) is 0. The maximum absolute atomic E-state index is 15.1. The van der Waals surface area contributed by atoms with Crippen molar-refractivity contribution in [2.24, 2.45) is 11.3 Å². The zero-order valence-corrected chi connectivity index (χ0v) is 26.8. The van der Waals surface area contributed by atoms with Crippen molar-refractivity contribution in [3.63, 3.8) is 0 Å². The summed E-state index contributed by atoms with van der Waals surface area (Å²) in [6.07, 6.45) is 4.18. The number of likely N-dealkylation sites (tertiary alicyclic amines) is 1. The topological polar surface area (TPSA) is 46.5 Å². The average Bonchev–Trinajstić information content (AvgIpc) is 3.58. The smallest absolute Gasteiger partial charge is 0.409 e. The van der Waals surface area contributed by atoms with Gasteiger partial charge in [-0.25, -0.2) is 18.0 Å². The molecule has 5 nitrogen and oxygen atoms in total. The molecule has 1 saturated heterocycles. The number of alkyl halides is 1. The van der Waals surface area contributed by atoms with E-state index in [1.165, 1.54) is 17.0 Å². The Morgan fingerprint density at radius 1 is 1.07 bits per heavy atom. The summed E-state index contributed by atoms with van der Waals surface area (Å²) in [5.41, 5.74) is 2.82. The number of ether oxygens (including phenoxy) is 1. The van der Waals surface area contributed by atoms with Gasteiger partial charge in [-0.2, -0.15) is 0 Å². The minimum atomic E-state index is -1.14. The predicted molar refractivity (Wildman–Crippen MR) is 170 cm³/mol. The molecule has 0 bridgehead atoms. The van der Waals surface area contributed by atoms with Gasteiger partial charge in [-0.3, -0.25) is 0 Å². The van der Waals surface area contributed by atoms with Gasteiger partial charge in [0.2, 0.25) is 0 Å². The summed E-state index contributed by atoms with van der Waals surface area (Å²) in [6.45, 7) is 12.2. The third kappa shape index (κ3) is 8.06. The second-order valence-electron chi connectivity index (χ2n) is 12.8. The Labute approximate surface area is 260 Å². The van der Waals surface area contributed by atoms with E-state index >= 15 is 8.78 Å². The highest BCUT2D eigenvalue weighted by Crippen LogP contribution is 2.45. The Morgan fingerprint density at radius 2 is 1.82 bits per heavy atom. The van der Waals surface area contributed by atoms with E-state index in [4.69, 9.17) is 4.74 Å². The summed E-state index contributed by atoms with van der Waals surface area (Å²) in [6, 6.07) is 15.7. The zero-order chi connectivity index (χ0) is 31.9. The molecule has 4 rings (SSSR count). The SMILES string of the molecule is CCCCC(C)(C)C(c1cc(-c2cc(F)ccc2F)cn1Cc1ccccc1)[C@@H](CC)NC[C@@H]1CN(C(=O)OCC)C[C@@H]1F. The number of nitrogens with one attached hydrogen (secondary N) is 1. The van der Waals surface area contributed by atoms with Gasteiger partial charge in [0, 0.05) is 60.5 Å². The minimum Gasteiger partial charge on any atom is -0.450 e. The van der Waals surface area contributed by atoms with Crippen LogP contribution in [0.5, 0.6) is 0 Å². The summed E-state index contributed by atoms with van der Waals surface area (Å²) >= 11 is 0. The number of halogens is 3. The maximum Gasteiger partial charge on any atom is 0.409 e. The number of hydrogen-bond donors (Lipinski definition) is 1. The molecular weight excluding hydrogens is 563 g/mol. The Hall–Kier alpha value is -3.26. The van der Waals surface area contributed by atoms with Crippen LogP contribution < -0.4 is 5.32 Å². The summed E-state index contributed by atoms with van der Waals surface area (Å²) in [5, 5.41) is 3.71. The molecule has 1 amide bonds. The molecule has 1 fully saturated rings. The van der Waals surface area contributed by atoms with Crippen LogP contribution in [-0.2, 0) is 11.3 Å². The predicted octanol–water partition coefficient (Wildman–Crippen LogP) is 8.58. The van der Waals surface area contributed by atoms with Crippen LogP contribution in [0.3, 0.4) is 0 Å². The first-order chi connectivity index (χ1) is 21.1. The van der Waals surface area contributed by atoms with Crippen LogP contribution >= 0.6 is 0 Å². The zero-order valence-electron chi connectivity index (χ0n) is 26.8. The van der Waals surface area contributed by atoms with E-state index in [0.717, 1.165) is 43.0 Å². The number of unbranched alkanes of at least 4 members (excludes halogenated alkanes) is 1. The van der Waals surface area contributed by atoms with Crippen molar-refractivity contribution in [1.29, 1.82) is 0 Å². The molecule has 1 aliphatic rings. The number of rotatable bonds is 14. The number of carbonyl (C=O) groups excluding carboxylic acids is 1. The van der Waals surface area contributed by atoms with E-state index < -0.39 is 23.9 Å². The first kappa shape index (κ1) is 33.6. The molecule has 0 spiro atoms. The molecule has 0 radical (unpaired) electrons. The molecule has 1 N–H and O–H groups in total. The van der Waals surface area contributed by atoms with Crippen LogP contribution in [0.15, 0.2) is 60.8 Å². The highest BCUT2D eigenvalue weighted by atomic mass is 19.1. The third-order valence-electron chi connectivity index (χ3n) is 9.07. The van der Waals surface area contributed by atoms with Crippen molar-refractivity contribution >= 4 is 6.09 Å². The molecule has 2 heterocycles. The van der Waals surface area contributed by atoms with Gasteiger partial charge in [0.25, 0.3) is 0 Å². The van der Waals surface area contributed by atoms with E-state index in [-0.39, 0.29) is 42.0 Å². The van der Waals surface area contributed by atoms with Crippen molar-refractivity contribution in [2.45, 2.75) is 85.0 Å². The lowest BCUT2D eigenvalue weighted by Crippen LogP contribution is -2.45. The molecule has 3 aromatic rings. The molecule has 0 saturated carbocycles. The van der Waals surface area contributed by atoms with Crippen molar-refractivity contribution in [1.82, 2.24) is 14.8 Å². The monoisotopic (exact) mass is 611 g/mol. The highest BCUT2D eigenvalue weighted by molar-refractivity contribution is 5.68. The number of hydrogen-bond acceptors (Lipinski definition) is 3. The van der Waals surface area contributed by atoms with E-state index in [9.17, 15) is 9.18 Å². The Kier molecular flexibility index (Phi) is 11.6. The van der Waals surface area contributed by atoms with Gasteiger partial charge < -0.3 is 19.5 Å². The number of nitrogens with zero attached hydrogens (tertiary/aromatic N) is 2. The van der Waals surface area contributed by atoms with Crippen molar-refractivity contribution < 1.29 is 22.7 Å². The summed E-state index contributed by atoms with van der Waals surface area (Å²) < 4.78 is 51.8. The molecule has 1 aromatic heterocycles. The quantitative estimate of drug-likeness (QED) is 0.199. The lowest BCUT2D eigenvalue weighted by Gasteiger charge is -2.41. The highest BCUT2D eigenvalue weighted by Gasteiger charge is 2.40. The standard InChI is InChI=1S/C36H48F3N3O2/c1-6-9-17-36(4,5)34(32(7-2)40-20-27-23-42(24-31(27)39)35(43)44-8-3)33-18-26(29-19-28(37)15-16-30(29)38)22-41(33)21-25-13-11-10-12-14-25/h10-16,18-19,22,27,31-32,34,40H,6-9,17,20-21,23-24H2,1-5H3/t27-,31+,32-,34?/m1/s1. The molecule has 0 aliphatic carbocycles. The number of aromatic nitrogens is 1. The maximum atomic E-state index is 15.1. The van der Waals surface area contributed by atoms with Crippen LogP contribution in [0, 0.1) is 23.0 Å². The second-order valence-corrected chi connectivity index (χ2v) is 12.8. The lowest BCUT2D eigenvalue weighted by molar-refractivity contribution is 0.113. The molecule has 4 atom stereocenters. The molecule has 1 unspecified atom stereocenters. The van der Waals surface area contributed by atoms with Gasteiger partial charge in [0.05, 0.1) is 13.2 Å². The average molecular weight is 612 g/mol. The van der Waals surface area contributed by atoms with Gasteiger partial charge in [0.15, 0.2) is 0 Å². The molecule has 8 heteroatoms. The first-order valence-corrected chi connectivity index (χ1v) is 16.1. The van der Waals surface area contributed by atoms with Gasteiger partial charge >= 0.3 is 6.09 Å². The van der Waals surface area contributed by atoms with Crippen LogP contribution in [0.25, 0.3) is 11.1 Å². The second kappa shape index (κ2) is 15.2. The van der Waals surface area contributed by atoms with E-state index in [1.807, 2.05) is 30.5 Å². The van der Waals surface area contributed by atoms with Crippen LogP contribution in [0.2, 0.25) is 0 Å². The van der Waals surface area contributed by atoms with Crippen LogP contribution in [0.1, 0.15) is 77.5 Å². The Bertz CT molecular complexity index is 1360. The summed E-state index contributed by atoms with van der Waals surface area (Å²) in [5.74, 6) is -1.32. The number of carbonyl (C=O) groups is 1. The van der Waals surface area contributed by atoms with Gasteiger partial charge in [-0.05, 0) is 55.0 Å². The Morgan fingerprint density at radius 3 is 2.50 bits per heavy atom. The van der Waals surface area contributed by atoms with Crippen molar-refractivity contribution in [3.05, 3.63) is 83.7 Å². The fraction of sp³-hybridized carbons (Fsp3) is 0.528. The number of benzene rings is 2. The van der Waals surface area contributed by atoms with Gasteiger partial charge in [0.1, 0.15) is 17.8 Å². The largest absolute Gasteiger partial charge is 0.450 e. The third-order valence-corrected chi connectivity index (χ3v) is 9.07. The van der Waals surface area contributed by atoms with Crippen molar-refractivity contribution in [2.75, 3.05) is 26.2 Å². The fourth-order valence-electron chi connectivity index (χ4n) is 6.70. The first-order valence-electron chi connectivity index (χ1n) is 16.1. The molecule has 240 valence electrons. The lowest BCUT2D eigenvalue weighted by atomic mass is 9.69. The Balaban J connectivity index is 1.73. The van der Waals surface area contributed by atoms with Gasteiger partial charge in [-0.15, -0.1) is 0 Å².